The van der Waals surface area contributed by atoms with Crippen molar-refractivity contribution in [3.63, 3.8) is 0 Å². The van der Waals surface area contributed by atoms with Gasteiger partial charge < -0.3 is 48.1 Å². The third-order valence-electron chi connectivity index (χ3n) is 8.18. The maximum absolute atomic E-state index is 13.8. The van der Waals surface area contributed by atoms with E-state index in [0.29, 0.717) is 45.1 Å². The van der Waals surface area contributed by atoms with Crippen LogP contribution in [0.2, 0.25) is 0 Å². The van der Waals surface area contributed by atoms with Crippen molar-refractivity contribution >= 4 is 47.3 Å². The van der Waals surface area contributed by atoms with Gasteiger partial charge in [-0.3, -0.25) is 38.4 Å². The average Bonchev–Trinajstić information content (AvgIpc) is 3.49. The van der Waals surface area contributed by atoms with E-state index < -0.39 is 102 Å². The molecule has 17 nitrogen and oxygen atoms in total. The molecule has 0 spiro atoms. The van der Waals surface area contributed by atoms with Crippen LogP contribution < -0.4 is 38.1 Å². The fourth-order valence-corrected chi connectivity index (χ4v) is 5.57. The number of unbranched alkanes of at least 4 members (excludes halogenated alkanes) is 2. The Morgan fingerprint density at radius 1 is 0.787 bits per heavy atom. The SMILES string of the molecule is CCCC[C@@H]1NC(=O)[C@H](CCCCN)NC(=O)[C@@H]2CCCN2C(=O)[C@@H](C(C)C)NC(=O)[C@H](CC(N)=O)NC(=O)[C@H](CC(=O)O)NC1=O. The van der Waals surface area contributed by atoms with Crippen LogP contribution in [0.25, 0.3) is 0 Å². The highest BCUT2D eigenvalue weighted by molar-refractivity contribution is 6.00. The molecular weight excluding hydrogens is 616 g/mol. The molecule has 0 aromatic heterocycles. The number of rotatable bonds is 12. The molecule has 7 amide bonds. The Bertz CT molecular complexity index is 1180. The van der Waals surface area contributed by atoms with Crippen molar-refractivity contribution in [3.8, 4) is 0 Å². The molecule has 0 saturated carbocycles. The number of fused-ring (bicyclic) bond motifs is 1. The first-order chi connectivity index (χ1) is 22.2. The van der Waals surface area contributed by atoms with Gasteiger partial charge >= 0.3 is 5.97 Å². The van der Waals surface area contributed by atoms with Crippen LogP contribution in [-0.4, -0.2) is 107 Å². The zero-order valence-corrected chi connectivity index (χ0v) is 27.3. The Kier molecular flexibility index (Phi) is 15.5. The zero-order valence-electron chi connectivity index (χ0n) is 27.3. The monoisotopic (exact) mass is 666 g/mol. The largest absolute Gasteiger partial charge is 0.481 e. The van der Waals surface area contributed by atoms with Crippen LogP contribution in [0.5, 0.6) is 0 Å². The van der Waals surface area contributed by atoms with Crippen molar-refractivity contribution in [2.24, 2.45) is 17.4 Å². The van der Waals surface area contributed by atoms with Crippen LogP contribution in [0.4, 0.5) is 0 Å². The summed E-state index contributed by atoms with van der Waals surface area (Å²) in [5.74, 6) is -7.64. The zero-order chi connectivity index (χ0) is 35.3. The lowest BCUT2D eigenvalue weighted by Gasteiger charge is -2.32. The molecule has 2 aliphatic rings. The fourth-order valence-electron chi connectivity index (χ4n) is 5.57. The third kappa shape index (κ3) is 11.8. The fraction of sp³-hybridized carbons (Fsp3) is 0.733. The van der Waals surface area contributed by atoms with Gasteiger partial charge in [0.1, 0.15) is 36.3 Å². The number of carbonyl (C=O) groups excluding carboxylic acids is 7. The molecule has 0 aromatic carbocycles. The Labute approximate surface area is 274 Å². The summed E-state index contributed by atoms with van der Waals surface area (Å²) in [6, 6.07) is -7.75. The van der Waals surface area contributed by atoms with E-state index in [1.807, 2.05) is 6.92 Å². The number of carboxylic acids is 1. The van der Waals surface area contributed by atoms with Gasteiger partial charge in [0.25, 0.3) is 0 Å². The van der Waals surface area contributed by atoms with Crippen LogP contribution >= 0.6 is 0 Å². The molecule has 2 rings (SSSR count). The summed E-state index contributed by atoms with van der Waals surface area (Å²) in [6.45, 7) is 5.74. The summed E-state index contributed by atoms with van der Waals surface area (Å²) in [5, 5.41) is 22.1. The standard InChI is InChI=1S/C30H50N8O9/c1-4-5-9-17-26(43)36-20(15-23(40)41)27(44)35-19(14-22(32)39)28(45)37-24(16(2)3)30(47)38-13-8-11-21(38)29(46)34-18(25(42)33-17)10-6-7-12-31/h16-21,24H,4-15,31H2,1-3H3,(H2,32,39)(H,33,42)(H,34,46)(H,35,44)(H,36,43)(H,37,45)(H,40,41)/t17-,18-,19-,20-,21-,24+/m0/s1. The van der Waals surface area contributed by atoms with Gasteiger partial charge in [-0.15, -0.1) is 0 Å². The quantitative estimate of drug-likeness (QED) is 0.104. The molecule has 6 atom stereocenters. The molecule has 0 bridgehead atoms. The number of nitrogens with two attached hydrogens (primary N) is 2. The summed E-state index contributed by atoms with van der Waals surface area (Å²) in [7, 11) is 0. The van der Waals surface area contributed by atoms with Crippen molar-refractivity contribution < 1.29 is 43.5 Å². The normalized spacial score (nSPS) is 26.7. The lowest BCUT2D eigenvalue weighted by Crippen LogP contribution is -2.62. The second kappa shape index (κ2) is 18.8. The first-order valence-corrected chi connectivity index (χ1v) is 16.2. The Morgan fingerprint density at radius 3 is 1.83 bits per heavy atom. The second-order valence-corrected chi connectivity index (χ2v) is 12.4. The van der Waals surface area contributed by atoms with Crippen molar-refractivity contribution in [1.29, 1.82) is 0 Å². The van der Waals surface area contributed by atoms with Crippen LogP contribution in [0.15, 0.2) is 0 Å². The summed E-state index contributed by atoms with van der Waals surface area (Å²) >= 11 is 0. The van der Waals surface area contributed by atoms with E-state index in [1.165, 1.54) is 4.90 Å². The average molecular weight is 667 g/mol. The van der Waals surface area contributed by atoms with Crippen molar-refractivity contribution in [2.45, 2.75) is 121 Å². The smallest absolute Gasteiger partial charge is 0.305 e. The highest BCUT2D eigenvalue weighted by atomic mass is 16.4. The van der Waals surface area contributed by atoms with E-state index in [9.17, 15) is 43.5 Å². The van der Waals surface area contributed by atoms with E-state index in [1.54, 1.807) is 13.8 Å². The van der Waals surface area contributed by atoms with E-state index in [4.69, 9.17) is 11.5 Å². The van der Waals surface area contributed by atoms with Crippen LogP contribution in [0, 0.1) is 5.92 Å². The minimum Gasteiger partial charge on any atom is -0.481 e. The lowest BCUT2D eigenvalue weighted by atomic mass is 10.0. The Balaban J connectivity index is 2.61. The highest BCUT2D eigenvalue weighted by Gasteiger charge is 2.41. The first-order valence-electron chi connectivity index (χ1n) is 16.2. The van der Waals surface area contributed by atoms with Crippen molar-refractivity contribution in [3.05, 3.63) is 0 Å². The van der Waals surface area contributed by atoms with Gasteiger partial charge in [-0.05, 0) is 51.0 Å². The second-order valence-electron chi connectivity index (χ2n) is 12.4. The number of amides is 7. The van der Waals surface area contributed by atoms with E-state index in [2.05, 4.69) is 26.6 Å². The molecular formula is C30H50N8O9. The van der Waals surface area contributed by atoms with Gasteiger partial charge in [0.05, 0.1) is 12.8 Å². The van der Waals surface area contributed by atoms with E-state index >= 15 is 0 Å². The van der Waals surface area contributed by atoms with Gasteiger partial charge in [-0.1, -0.05) is 33.6 Å². The Hall–Kier alpha value is -4.28. The molecule has 47 heavy (non-hydrogen) atoms. The third-order valence-corrected chi connectivity index (χ3v) is 8.18. The topological polar surface area (TPSA) is 272 Å². The molecule has 0 aliphatic carbocycles. The maximum atomic E-state index is 13.8. The molecule has 10 N–H and O–H groups in total. The predicted octanol–water partition coefficient (Wildman–Crippen LogP) is -2.26. The summed E-state index contributed by atoms with van der Waals surface area (Å²) in [4.78, 5) is 106. The van der Waals surface area contributed by atoms with Crippen LogP contribution in [0.3, 0.4) is 0 Å². The molecule has 2 saturated heterocycles. The summed E-state index contributed by atoms with van der Waals surface area (Å²) < 4.78 is 0. The first kappa shape index (κ1) is 38.9. The maximum Gasteiger partial charge on any atom is 0.305 e. The number of aliphatic carboxylic acids is 1. The summed E-state index contributed by atoms with van der Waals surface area (Å²) in [6.07, 6.45) is 1.68. The van der Waals surface area contributed by atoms with Crippen molar-refractivity contribution in [2.75, 3.05) is 13.1 Å². The molecule has 0 radical (unpaired) electrons. The molecule has 2 aliphatic heterocycles. The Morgan fingerprint density at radius 2 is 1.30 bits per heavy atom. The van der Waals surface area contributed by atoms with Gasteiger partial charge in [0.15, 0.2) is 0 Å². The number of primary amides is 1. The van der Waals surface area contributed by atoms with E-state index in [-0.39, 0.29) is 19.4 Å². The van der Waals surface area contributed by atoms with Gasteiger partial charge in [0, 0.05) is 6.54 Å². The number of hydrogen-bond donors (Lipinski definition) is 8. The molecule has 17 heteroatoms. The molecule has 264 valence electrons. The number of carboxylic acid groups (broad SMARTS) is 1. The number of carbonyl (C=O) groups is 8. The molecule has 2 heterocycles. The molecule has 0 aromatic rings. The minimum atomic E-state index is -1.71. The van der Waals surface area contributed by atoms with Crippen LogP contribution in [-0.2, 0) is 38.4 Å². The predicted molar refractivity (Wildman–Crippen MR) is 168 cm³/mol. The number of hydrogen-bond acceptors (Lipinski definition) is 9. The minimum absolute atomic E-state index is 0.132. The summed E-state index contributed by atoms with van der Waals surface area (Å²) in [5.41, 5.74) is 11.0. The number of nitrogens with zero attached hydrogens (tertiary/aromatic N) is 1. The van der Waals surface area contributed by atoms with E-state index in [0.717, 1.165) is 0 Å². The molecule has 0 unspecified atom stereocenters. The lowest BCUT2D eigenvalue weighted by molar-refractivity contribution is -0.144. The van der Waals surface area contributed by atoms with Gasteiger partial charge in [-0.2, -0.15) is 0 Å². The molecule has 2 fully saturated rings. The van der Waals surface area contributed by atoms with Crippen LogP contribution in [0.1, 0.15) is 85.0 Å². The number of nitrogens with one attached hydrogen (secondary N) is 5. The highest BCUT2D eigenvalue weighted by Crippen LogP contribution is 2.21. The van der Waals surface area contributed by atoms with Gasteiger partial charge in [0.2, 0.25) is 41.4 Å². The van der Waals surface area contributed by atoms with Crippen molar-refractivity contribution in [1.82, 2.24) is 31.5 Å². The van der Waals surface area contributed by atoms with Gasteiger partial charge in [-0.25, -0.2) is 0 Å².